The van der Waals surface area contributed by atoms with Crippen molar-refractivity contribution in [3.8, 4) is 12.1 Å². The van der Waals surface area contributed by atoms with E-state index in [2.05, 4.69) is 11.4 Å². The predicted molar refractivity (Wildman–Crippen MR) is 71.8 cm³/mol. The van der Waals surface area contributed by atoms with Crippen LogP contribution >= 0.6 is 11.8 Å². The molecule has 1 unspecified atom stereocenters. The minimum Gasteiger partial charge on any atom is -0.325 e. The molecule has 1 aromatic carbocycles. The molecule has 0 spiro atoms. The molecule has 1 N–H and O–H groups in total. The Morgan fingerprint density at radius 1 is 1.44 bits per heavy atom. The molecule has 0 saturated heterocycles. The van der Waals surface area contributed by atoms with E-state index in [1.54, 1.807) is 23.9 Å². The molecular formula is C13H13N3OS. The van der Waals surface area contributed by atoms with Gasteiger partial charge < -0.3 is 5.32 Å². The van der Waals surface area contributed by atoms with E-state index in [0.29, 0.717) is 12.1 Å². The Balaban J connectivity index is 2.82. The highest BCUT2D eigenvalue weighted by molar-refractivity contribution is 7.98. The zero-order chi connectivity index (χ0) is 13.4. The monoisotopic (exact) mass is 259 g/mol. The van der Waals surface area contributed by atoms with Crippen LogP contribution in [0.25, 0.3) is 0 Å². The van der Waals surface area contributed by atoms with E-state index in [-0.39, 0.29) is 17.6 Å². The van der Waals surface area contributed by atoms with Gasteiger partial charge in [-0.1, -0.05) is 12.1 Å². The van der Waals surface area contributed by atoms with Crippen molar-refractivity contribution in [3.63, 3.8) is 0 Å². The highest BCUT2D eigenvalue weighted by Gasteiger charge is 2.10. The first-order chi connectivity index (χ1) is 8.71. The summed E-state index contributed by atoms with van der Waals surface area (Å²) in [5.74, 6) is -0.323. The van der Waals surface area contributed by atoms with Gasteiger partial charge in [0.15, 0.2) is 0 Å². The van der Waals surface area contributed by atoms with E-state index < -0.39 is 0 Å². The Kier molecular flexibility index (Phi) is 5.76. The minimum absolute atomic E-state index is 0.0998. The summed E-state index contributed by atoms with van der Waals surface area (Å²) < 4.78 is 0. The molecule has 5 heteroatoms. The van der Waals surface area contributed by atoms with Gasteiger partial charge in [0.2, 0.25) is 5.91 Å². The second-order valence-electron chi connectivity index (χ2n) is 3.60. The Morgan fingerprint density at radius 3 is 2.83 bits per heavy atom. The molecule has 0 aliphatic carbocycles. The standard InChI is InChI=1S/C13H13N3OS/c1-18-12(5-7-14)10-3-2-4-11(9-10)16-13(17)6-8-15/h2-4,9,12H,5-6H2,1H3,(H,16,17). The van der Waals surface area contributed by atoms with Gasteiger partial charge in [0.25, 0.3) is 0 Å². The van der Waals surface area contributed by atoms with Gasteiger partial charge in [-0.2, -0.15) is 22.3 Å². The molecule has 4 nitrogen and oxygen atoms in total. The summed E-state index contributed by atoms with van der Waals surface area (Å²) in [7, 11) is 0. The van der Waals surface area contributed by atoms with Crippen molar-refractivity contribution in [2.75, 3.05) is 11.6 Å². The fourth-order valence-corrected chi connectivity index (χ4v) is 2.17. The molecule has 0 aliphatic heterocycles. The molecule has 0 fully saturated rings. The average Bonchev–Trinajstić information content (AvgIpc) is 2.36. The highest BCUT2D eigenvalue weighted by atomic mass is 32.2. The van der Waals surface area contributed by atoms with E-state index in [9.17, 15) is 4.79 Å². The van der Waals surface area contributed by atoms with Crippen LogP contribution in [0.5, 0.6) is 0 Å². The third kappa shape index (κ3) is 4.12. The molecule has 0 radical (unpaired) electrons. The van der Waals surface area contributed by atoms with E-state index in [4.69, 9.17) is 10.5 Å². The number of nitrogens with one attached hydrogen (secondary N) is 1. The van der Waals surface area contributed by atoms with E-state index in [1.807, 2.05) is 24.5 Å². The average molecular weight is 259 g/mol. The molecule has 0 saturated carbocycles. The van der Waals surface area contributed by atoms with Crippen molar-refractivity contribution in [2.24, 2.45) is 0 Å². The van der Waals surface area contributed by atoms with Gasteiger partial charge in [-0.25, -0.2) is 0 Å². The normalized spacial score (nSPS) is 11.1. The fraction of sp³-hybridized carbons (Fsp3) is 0.308. The van der Waals surface area contributed by atoms with Crippen LogP contribution in [0.1, 0.15) is 23.7 Å². The van der Waals surface area contributed by atoms with Crippen LogP contribution in [0.2, 0.25) is 0 Å². The predicted octanol–water partition coefficient (Wildman–Crippen LogP) is 2.86. The summed E-state index contributed by atoms with van der Waals surface area (Å²) in [6.45, 7) is 0. The van der Waals surface area contributed by atoms with Crippen LogP contribution < -0.4 is 5.32 Å². The topological polar surface area (TPSA) is 76.7 Å². The van der Waals surface area contributed by atoms with Crippen molar-refractivity contribution in [3.05, 3.63) is 29.8 Å². The maximum atomic E-state index is 11.3. The molecule has 0 aliphatic rings. The second kappa shape index (κ2) is 7.37. The second-order valence-corrected chi connectivity index (χ2v) is 4.64. The van der Waals surface area contributed by atoms with Gasteiger partial charge in [-0.15, -0.1) is 0 Å². The van der Waals surface area contributed by atoms with Crippen molar-refractivity contribution in [1.29, 1.82) is 10.5 Å². The van der Waals surface area contributed by atoms with E-state index >= 15 is 0 Å². The Morgan fingerprint density at radius 2 is 2.22 bits per heavy atom. The van der Waals surface area contributed by atoms with Crippen molar-refractivity contribution < 1.29 is 4.79 Å². The lowest BCUT2D eigenvalue weighted by Crippen LogP contribution is -2.10. The lowest BCUT2D eigenvalue weighted by molar-refractivity contribution is -0.115. The molecule has 92 valence electrons. The number of carbonyl (C=O) groups excluding carboxylic acids is 1. The molecule has 0 bridgehead atoms. The van der Waals surface area contributed by atoms with Crippen molar-refractivity contribution >= 4 is 23.4 Å². The SMILES string of the molecule is CSC(CC#N)c1cccc(NC(=O)CC#N)c1. The van der Waals surface area contributed by atoms with Crippen molar-refractivity contribution in [2.45, 2.75) is 18.1 Å². The Labute approximate surface area is 111 Å². The molecule has 0 heterocycles. The Hall–Kier alpha value is -1.98. The number of benzene rings is 1. The number of anilines is 1. The summed E-state index contributed by atoms with van der Waals surface area (Å²) >= 11 is 1.60. The largest absolute Gasteiger partial charge is 0.325 e. The van der Waals surface area contributed by atoms with Crippen LogP contribution in [0.3, 0.4) is 0 Å². The first-order valence-electron chi connectivity index (χ1n) is 5.37. The van der Waals surface area contributed by atoms with Crippen LogP contribution in [0, 0.1) is 22.7 Å². The van der Waals surface area contributed by atoms with Gasteiger partial charge in [0, 0.05) is 10.9 Å². The lowest BCUT2D eigenvalue weighted by Gasteiger charge is -2.12. The summed E-state index contributed by atoms with van der Waals surface area (Å²) in [5, 5.41) is 19.9. The third-order valence-electron chi connectivity index (χ3n) is 2.34. The zero-order valence-electron chi connectivity index (χ0n) is 10.0. The number of amides is 1. The van der Waals surface area contributed by atoms with Gasteiger partial charge in [-0.05, 0) is 24.0 Å². The number of thioether (sulfide) groups is 1. The molecule has 1 amide bonds. The Bertz CT molecular complexity index is 502. The lowest BCUT2D eigenvalue weighted by atomic mass is 10.1. The molecule has 0 aromatic heterocycles. The smallest absolute Gasteiger partial charge is 0.238 e. The maximum Gasteiger partial charge on any atom is 0.238 e. The molecular weight excluding hydrogens is 246 g/mol. The molecule has 18 heavy (non-hydrogen) atoms. The van der Waals surface area contributed by atoms with Crippen LogP contribution in [0.4, 0.5) is 5.69 Å². The van der Waals surface area contributed by atoms with Crippen molar-refractivity contribution in [1.82, 2.24) is 0 Å². The summed E-state index contributed by atoms with van der Waals surface area (Å²) in [4.78, 5) is 11.3. The van der Waals surface area contributed by atoms with Gasteiger partial charge in [0.05, 0.1) is 18.6 Å². The quantitative estimate of drug-likeness (QED) is 0.882. The number of hydrogen-bond donors (Lipinski definition) is 1. The first kappa shape index (κ1) is 14.1. The number of carbonyl (C=O) groups is 1. The number of nitrogens with zero attached hydrogens (tertiary/aromatic N) is 2. The zero-order valence-corrected chi connectivity index (χ0v) is 10.8. The van der Waals surface area contributed by atoms with Gasteiger partial charge in [-0.3, -0.25) is 4.79 Å². The maximum absolute atomic E-state index is 11.3. The van der Waals surface area contributed by atoms with Crippen LogP contribution in [-0.4, -0.2) is 12.2 Å². The van der Waals surface area contributed by atoms with Gasteiger partial charge >= 0.3 is 0 Å². The number of rotatable bonds is 5. The minimum atomic E-state index is -0.323. The van der Waals surface area contributed by atoms with Crippen LogP contribution in [-0.2, 0) is 4.79 Å². The molecule has 1 atom stereocenters. The molecule has 1 aromatic rings. The molecule has 1 rings (SSSR count). The summed E-state index contributed by atoms with van der Waals surface area (Å²) in [6, 6.07) is 11.3. The number of nitriles is 2. The van der Waals surface area contributed by atoms with E-state index in [0.717, 1.165) is 5.56 Å². The van der Waals surface area contributed by atoms with E-state index in [1.165, 1.54) is 0 Å². The third-order valence-corrected chi connectivity index (χ3v) is 3.35. The number of hydrogen-bond acceptors (Lipinski definition) is 4. The summed E-state index contributed by atoms with van der Waals surface area (Å²) in [5.41, 5.74) is 1.66. The summed E-state index contributed by atoms with van der Waals surface area (Å²) in [6.07, 6.45) is 2.22. The van der Waals surface area contributed by atoms with Gasteiger partial charge in [0.1, 0.15) is 6.42 Å². The highest BCUT2D eigenvalue weighted by Crippen LogP contribution is 2.30. The fourth-order valence-electron chi connectivity index (χ4n) is 1.51. The first-order valence-corrected chi connectivity index (χ1v) is 6.66. The van der Waals surface area contributed by atoms with Crippen LogP contribution in [0.15, 0.2) is 24.3 Å².